The number of carbonyl (C=O) groups excluding carboxylic acids is 2. The Kier molecular flexibility index (Phi) is 1.80. The fourth-order valence-electron chi connectivity index (χ4n) is 1.29. The van der Waals surface area contributed by atoms with Crippen LogP contribution in [0.2, 0.25) is 0 Å². The highest BCUT2D eigenvalue weighted by Gasteiger charge is 2.28. The number of piperidine rings is 1. The number of aromatic nitrogens is 3. The van der Waals surface area contributed by atoms with Crippen LogP contribution in [0.1, 0.15) is 18.9 Å². The van der Waals surface area contributed by atoms with E-state index >= 15 is 0 Å². The predicted octanol–water partition coefficient (Wildman–Crippen LogP) is -0.744. The normalized spacial score (nSPS) is 22.9. The molecular formula is C7H8N4O2. The van der Waals surface area contributed by atoms with Gasteiger partial charge in [0.15, 0.2) is 6.04 Å². The first kappa shape index (κ1) is 7.90. The van der Waals surface area contributed by atoms with E-state index < -0.39 is 6.04 Å². The zero-order chi connectivity index (χ0) is 9.26. The van der Waals surface area contributed by atoms with Gasteiger partial charge in [0, 0.05) is 6.42 Å². The lowest BCUT2D eigenvalue weighted by atomic mass is 10.1. The minimum absolute atomic E-state index is 0.228. The smallest absolute Gasteiger partial charge is 0.253 e. The van der Waals surface area contributed by atoms with E-state index in [0.717, 1.165) is 0 Å². The standard InChI is InChI=1S/C7H8N4O2/c12-6-2-1-5(7(13)10-6)11-8-3-4-9-11/h3-5H,1-2H2,(H,10,12,13). The summed E-state index contributed by atoms with van der Waals surface area (Å²) in [7, 11) is 0. The SMILES string of the molecule is O=C1CCC(n2nccn2)C(=O)N1. The molecule has 1 aliphatic rings. The second-order valence-electron chi connectivity index (χ2n) is 2.82. The van der Waals surface area contributed by atoms with Gasteiger partial charge in [-0.3, -0.25) is 14.9 Å². The van der Waals surface area contributed by atoms with Crippen molar-refractivity contribution >= 4 is 11.8 Å². The first-order chi connectivity index (χ1) is 6.27. The summed E-state index contributed by atoms with van der Waals surface area (Å²) in [5.41, 5.74) is 0. The van der Waals surface area contributed by atoms with Crippen molar-refractivity contribution < 1.29 is 9.59 Å². The van der Waals surface area contributed by atoms with Gasteiger partial charge in [-0.25, -0.2) is 0 Å². The van der Waals surface area contributed by atoms with E-state index in [4.69, 9.17) is 0 Å². The third kappa shape index (κ3) is 1.42. The Bertz CT molecular complexity index is 332. The lowest BCUT2D eigenvalue weighted by molar-refractivity contribution is -0.136. The molecule has 2 heterocycles. The third-order valence-corrected chi connectivity index (χ3v) is 1.93. The molecule has 1 N–H and O–H groups in total. The highest BCUT2D eigenvalue weighted by molar-refractivity contribution is 5.99. The fraction of sp³-hybridized carbons (Fsp3) is 0.429. The molecule has 0 aliphatic carbocycles. The van der Waals surface area contributed by atoms with E-state index in [0.29, 0.717) is 12.8 Å². The number of imide groups is 1. The molecule has 0 saturated carbocycles. The first-order valence-electron chi connectivity index (χ1n) is 3.97. The molecule has 6 heteroatoms. The molecule has 6 nitrogen and oxygen atoms in total. The summed E-state index contributed by atoms with van der Waals surface area (Å²) in [6.07, 6.45) is 3.82. The maximum absolute atomic E-state index is 11.3. The topological polar surface area (TPSA) is 76.9 Å². The average molecular weight is 180 g/mol. The number of amides is 2. The molecule has 1 atom stereocenters. The van der Waals surface area contributed by atoms with Crippen molar-refractivity contribution in [2.75, 3.05) is 0 Å². The molecule has 1 unspecified atom stereocenters. The fourth-order valence-corrected chi connectivity index (χ4v) is 1.29. The van der Waals surface area contributed by atoms with Crippen LogP contribution in [0.25, 0.3) is 0 Å². The van der Waals surface area contributed by atoms with Gasteiger partial charge in [0.05, 0.1) is 12.4 Å². The summed E-state index contributed by atoms with van der Waals surface area (Å²) in [5, 5.41) is 9.94. The van der Waals surface area contributed by atoms with Crippen LogP contribution < -0.4 is 5.32 Å². The molecule has 1 aromatic heterocycles. The van der Waals surface area contributed by atoms with Crippen molar-refractivity contribution in [3.63, 3.8) is 0 Å². The Balaban J connectivity index is 2.17. The molecule has 0 radical (unpaired) electrons. The molecule has 2 rings (SSSR count). The molecule has 1 saturated heterocycles. The number of nitrogens with zero attached hydrogens (tertiary/aromatic N) is 3. The van der Waals surface area contributed by atoms with Crippen LogP contribution >= 0.6 is 0 Å². The van der Waals surface area contributed by atoms with Gasteiger partial charge in [-0.15, -0.1) is 0 Å². The van der Waals surface area contributed by atoms with Gasteiger partial charge in [0.1, 0.15) is 0 Å². The quantitative estimate of drug-likeness (QED) is 0.577. The summed E-state index contributed by atoms with van der Waals surface area (Å²) in [6, 6.07) is -0.437. The monoisotopic (exact) mass is 180 g/mol. The van der Waals surface area contributed by atoms with Gasteiger partial charge in [-0.05, 0) is 6.42 Å². The number of nitrogens with one attached hydrogen (secondary N) is 1. The van der Waals surface area contributed by atoms with Crippen molar-refractivity contribution in [1.29, 1.82) is 0 Å². The Morgan fingerprint density at radius 1 is 1.38 bits per heavy atom. The molecule has 0 aromatic carbocycles. The van der Waals surface area contributed by atoms with Crippen molar-refractivity contribution in [3.8, 4) is 0 Å². The van der Waals surface area contributed by atoms with Crippen molar-refractivity contribution in [2.24, 2.45) is 0 Å². The molecule has 0 bridgehead atoms. The highest BCUT2D eigenvalue weighted by atomic mass is 16.2. The van der Waals surface area contributed by atoms with E-state index in [1.165, 1.54) is 17.2 Å². The number of hydrogen-bond donors (Lipinski definition) is 1. The van der Waals surface area contributed by atoms with Crippen LogP contribution in [0.3, 0.4) is 0 Å². The van der Waals surface area contributed by atoms with Crippen molar-refractivity contribution in [1.82, 2.24) is 20.3 Å². The Morgan fingerprint density at radius 2 is 2.08 bits per heavy atom. The first-order valence-corrected chi connectivity index (χ1v) is 3.97. The molecule has 13 heavy (non-hydrogen) atoms. The number of hydrogen-bond acceptors (Lipinski definition) is 4. The summed E-state index contributed by atoms with van der Waals surface area (Å²) >= 11 is 0. The maximum Gasteiger partial charge on any atom is 0.253 e. The lowest BCUT2D eigenvalue weighted by Gasteiger charge is -2.19. The van der Waals surface area contributed by atoms with Crippen molar-refractivity contribution in [2.45, 2.75) is 18.9 Å². The van der Waals surface area contributed by atoms with Gasteiger partial charge < -0.3 is 0 Å². The summed E-state index contributed by atoms with van der Waals surface area (Å²) in [4.78, 5) is 23.4. The van der Waals surface area contributed by atoms with Crippen molar-refractivity contribution in [3.05, 3.63) is 12.4 Å². The molecular weight excluding hydrogens is 172 g/mol. The van der Waals surface area contributed by atoms with Crippen LogP contribution in [-0.4, -0.2) is 26.8 Å². The average Bonchev–Trinajstić information content (AvgIpc) is 2.56. The van der Waals surface area contributed by atoms with E-state index in [1.54, 1.807) is 0 Å². The molecule has 68 valence electrons. The van der Waals surface area contributed by atoms with Gasteiger partial charge in [0.2, 0.25) is 5.91 Å². The van der Waals surface area contributed by atoms with E-state index in [2.05, 4.69) is 15.5 Å². The Labute approximate surface area is 73.9 Å². The number of rotatable bonds is 1. The molecule has 1 aliphatic heterocycles. The van der Waals surface area contributed by atoms with Crippen LogP contribution in [0.5, 0.6) is 0 Å². The molecule has 1 aromatic rings. The Hall–Kier alpha value is -1.72. The second-order valence-corrected chi connectivity index (χ2v) is 2.82. The summed E-state index contributed by atoms with van der Waals surface area (Å²) in [6.45, 7) is 0. The second kappa shape index (κ2) is 2.96. The number of carbonyl (C=O) groups is 2. The highest BCUT2D eigenvalue weighted by Crippen LogP contribution is 2.15. The van der Waals surface area contributed by atoms with E-state index in [1.807, 2.05) is 0 Å². The zero-order valence-electron chi connectivity index (χ0n) is 6.80. The minimum Gasteiger partial charge on any atom is -0.295 e. The van der Waals surface area contributed by atoms with Crippen LogP contribution in [0, 0.1) is 0 Å². The van der Waals surface area contributed by atoms with Gasteiger partial charge in [-0.2, -0.15) is 15.0 Å². The van der Waals surface area contributed by atoms with E-state index in [9.17, 15) is 9.59 Å². The third-order valence-electron chi connectivity index (χ3n) is 1.93. The Morgan fingerprint density at radius 3 is 2.69 bits per heavy atom. The van der Waals surface area contributed by atoms with Gasteiger partial charge in [-0.1, -0.05) is 0 Å². The zero-order valence-corrected chi connectivity index (χ0v) is 6.80. The minimum atomic E-state index is -0.437. The molecule has 0 spiro atoms. The largest absolute Gasteiger partial charge is 0.295 e. The van der Waals surface area contributed by atoms with Crippen LogP contribution in [0.15, 0.2) is 12.4 Å². The maximum atomic E-state index is 11.3. The summed E-state index contributed by atoms with van der Waals surface area (Å²) < 4.78 is 0. The summed E-state index contributed by atoms with van der Waals surface area (Å²) in [5.74, 6) is -0.555. The molecule has 2 amide bonds. The lowest BCUT2D eigenvalue weighted by Crippen LogP contribution is -2.42. The van der Waals surface area contributed by atoms with E-state index in [-0.39, 0.29) is 11.8 Å². The molecule has 1 fully saturated rings. The van der Waals surface area contributed by atoms with Gasteiger partial charge >= 0.3 is 0 Å². The van der Waals surface area contributed by atoms with Crippen LogP contribution in [0.4, 0.5) is 0 Å². The van der Waals surface area contributed by atoms with Gasteiger partial charge in [0.25, 0.3) is 5.91 Å². The van der Waals surface area contributed by atoms with Crippen LogP contribution in [-0.2, 0) is 9.59 Å². The predicted molar refractivity (Wildman–Crippen MR) is 41.4 cm³/mol.